The van der Waals surface area contributed by atoms with Crippen LogP contribution in [-0.4, -0.2) is 20.3 Å². The molecule has 4 N–H and O–H groups in total. The van der Waals surface area contributed by atoms with E-state index < -0.39 is 27.4 Å². The fourth-order valence-electron chi connectivity index (χ4n) is 2.74. The number of amides is 2. The van der Waals surface area contributed by atoms with E-state index in [9.17, 15) is 18.5 Å². The predicted molar refractivity (Wildman–Crippen MR) is 114 cm³/mol. The normalized spacial score (nSPS) is 14.2. The molecule has 2 heterocycles. The molecule has 0 aliphatic carbocycles. The molecule has 1 atom stereocenters. The summed E-state index contributed by atoms with van der Waals surface area (Å²) in [5.41, 5.74) is 0.406. The zero-order valence-electron chi connectivity index (χ0n) is 17.3. The van der Waals surface area contributed by atoms with Gasteiger partial charge in [0, 0.05) is 5.56 Å². The maximum atomic E-state index is 14.4. The molecule has 2 rings (SSSR count). The van der Waals surface area contributed by atoms with Gasteiger partial charge in [0.15, 0.2) is 9.92 Å². The van der Waals surface area contributed by atoms with Crippen LogP contribution in [0.1, 0.15) is 70.2 Å². The smallest absolute Gasteiger partial charge is 0.354 e. The molecule has 160 valence electrons. The highest BCUT2D eigenvalue weighted by atomic mass is 32.2. The molecule has 0 saturated carbocycles. The van der Waals surface area contributed by atoms with Gasteiger partial charge in [0.25, 0.3) is 0 Å². The van der Waals surface area contributed by atoms with Gasteiger partial charge in [-0.1, -0.05) is 27.7 Å². The number of rotatable bonds is 5. The first-order valence-electron chi connectivity index (χ1n) is 9.09. The second kappa shape index (κ2) is 8.47. The molecule has 0 spiro atoms. The Kier molecular flexibility index (Phi) is 6.83. The van der Waals surface area contributed by atoms with E-state index in [1.54, 1.807) is 33.1 Å². The largest absolute Gasteiger partial charge is 0.386 e. The lowest BCUT2D eigenvalue weighted by Crippen LogP contribution is -2.19. The third kappa shape index (κ3) is 5.39. The quantitative estimate of drug-likeness (QED) is 0.622. The Bertz CT molecular complexity index is 1030. The molecule has 0 aliphatic heterocycles. The van der Waals surface area contributed by atoms with E-state index in [1.807, 2.05) is 13.8 Å². The number of nitrogens with one attached hydrogen (secondary N) is 1. The lowest BCUT2D eigenvalue weighted by Gasteiger charge is -2.19. The zero-order valence-corrected chi connectivity index (χ0v) is 18.9. The summed E-state index contributed by atoms with van der Waals surface area (Å²) >= 11 is 1.04. The summed E-state index contributed by atoms with van der Waals surface area (Å²) < 4.78 is 31.0. The van der Waals surface area contributed by atoms with Crippen LogP contribution >= 0.6 is 11.3 Å². The van der Waals surface area contributed by atoms with E-state index in [-0.39, 0.29) is 21.7 Å². The van der Waals surface area contributed by atoms with Crippen molar-refractivity contribution in [3.63, 3.8) is 0 Å². The van der Waals surface area contributed by atoms with Crippen molar-refractivity contribution in [3.05, 3.63) is 40.3 Å². The summed E-state index contributed by atoms with van der Waals surface area (Å²) in [6, 6.07) is 0.513. The molecule has 0 saturated heterocycles. The molecule has 0 aromatic carbocycles. The van der Waals surface area contributed by atoms with Crippen LogP contribution in [0.3, 0.4) is 0 Å². The van der Waals surface area contributed by atoms with Gasteiger partial charge >= 0.3 is 6.03 Å². The molecule has 2 amide bonds. The minimum Gasteiger partial charge on any atom is -0.386 e. The number of nitrogens with zero attached hydrogens (tertiary/aromatic N) is 2. The number of nitrogens with two attached hydrogens (primary N) is 1. The highest BCUT2D eigenvalue weighted by Gasteiger charge is 2.23. The average molecular weight is 443 g/mol. The number of carbonyl (C=O) groups is 1. The van der Waals surface area contributed by atoms with Crippen molar-refractivity contribution in [1.29, 1.82) is 0 Å². The second-order valence-electron chi connectivity index (χ2n) is 7.89. The molecule has 0 radical (unpaired) electrons. The Morgan fingerprint density at radius 1 is 1.34 bits per heavy atom. The van der Waals surface area contributed by atoms with Gasteiger partial charge in [-0.05, 0) is 42.7 Å². The molecule has 29 heavy (non-hydrogen) atoms. The molecule has 2 aromatic heterocycles. The van der Waals surface area contributed by atoms with E-state index in [1.165, 1.54) is 6.07 Å². The Morgan fingerprint density at radius 2 is 1.97 bits per heavy atom. The standard InChI is InChI=1S/C19H27FN4O3S2/c1-10(2)15-13(20)8-22-16(11(3)4)17(15)23-18(25)24-29(21,27)14-7-12(9-28-14)19(5,6)26/h7-11,26H,1-6H3,(H3,21,23,24,25,27). The summed E-state index contributed by atoms with van der Waals surface area (Å²) in [6.07, 6.45) is 1.13. The number of hydrogen-bond acceptors (Lipinski definition) is 5. The van der Waals surface area contributed by atoms with Gasteiger partial charge in [0.2, 0.25) is 0 Å². The van der Waals surface area contributed by atoms with Gasteiger partial charge < -0.3 is 10.4 Å². The summed E-state index contributed by atoms with van der Waals surface area (Å²) in [5, 5.41) is 20.0. The van der Waals surface area contributed by atoms with Crippen molar-refractivity contribution in [2.45, 2.75) is 63.2 Å². The first kappa shape index (κ1) is 23.4. The van der Waals surface area contributed by atoms with Gasteiger partial charge in [-0.25, -0.2) is 18.5 Å². The number of hydrogen-bond donors (Lipinski definition) is 3. The number of halogens is 1. The van der Waals surface area contributed by atoms with Crippen LogP contribution in [0.25, 0.3) is 0 Å². The number of aliphatic hydroxyl groups is 1. The van der Waals surface area contributed by atoms with Crippen molar-refractivity contribution in [3.8, 4) is 0 Å². The van der Waals surface area contributed by atoms with Crippen molar-refractivity contribution in [2.75, 3.05) is 5.32 Å². The SMILES string of the molecule is CC(C)c1ncc(F)c(C(C)C)c1NC(=O)N=S(N)(=O)c1cc(C(C)(C)O)cs1. The molecule has 0 bridgehead atoms. The number of aromatic nitrogens is 1. The topological polar surface area (TPSA) is 118 Å². The van der Waals surface area contributed by atoms with E-state index in [2.05, 4.69) is 14.7 Å². The van der Waals surface area contributed by atoms with Gasteiger partial charge in [0.05, 0.1) is 23.2 Å². The molecule has 0 aliphatic rings. The van der Waals surface area contributed by atoms with Crippen LogP contribution in [0, 0.1) is 5.82 Å². The van der Waals surface area contributed by atoms with Crippen molar-refractivity contribution >= 4 is 33.0 Å². The minimum absolute atomic E-state index is 0.0859. The molecule has 0 fully saturated rings. The lowest BCUT2D eigenvalue weighted by molar-refractivity contribution is 0.0789. The minimum atomic E-state index is -3.54. The summed E-state index contributed by atoms with van der Waals surface area (Å²) in [4.78, 5) is 16.6. The van der Waals surface area contributed by atoms with Crippen LogP contribution in [0.15, 0.2) is 26.2 Å². The molecular formula is C19H27FN4O3S2. The van der Waals surface area contributed by atoms with Gasteiger partial charge in [-0.15, -0.1) is 15.7 Å². The number of urea groups is 1. The number of thiophene rings is 1. The Labute approximate surface area is 174 Å². The van der Waals surface area contributed by atoms with Crippen LogP contribution in [0.5, 0.6) is 0 Å². The second-order valence-corrected chi connectivity index (χ2v) is 10.8. The zero-order chi connectivity index (χ0) is 22.1. The number of pyridine rings is 1. The summed E-state index contributed by atoms with van der Waals surface area (Å²) in [7, 11) is -3.54. The maximum absolute atomic E-state index is 14.4. The van der Waals surface area contributed by atoms with Gasteiger partial charge in [-0.2, -0.15) is 0 Å². The molecular weight excluding hydrogens is 415 g/mol. The van der Waals surface area contributed by atoms with Crippen molar-refractivity contribution in [1.82, 2.24) is 4.98 Å². The summed E-state index contributed by atoms with van der Waals surface area (Å²) in [5.74, 6) is -0.849. The fourth-order valence-corrected chi connectivity index (χ4v) is 5.02. The number of anilines is 1. The van der Waals surface area contributed by atoms with Crippen LogP contribution in [0.2, 0.25) is 0 Å². The highest BCUT2D eigenvalue weighted by Crippen LogP contribution is 2.33. The van der Waals surface area contributed by atoms with Crippen LogP contribution in [0.4, 0.5) is 14.9 Å². The predicted octanol–water partition coefficient (Wildman–Crippen LogP) is 4.69. The third-order valence-corrected chi connectivity index (χ3v) is 7.10. The van der Waals surface area contributed by atoms with E-state index in [4.69, 9.17) is 5.14 Å². The Balaban J connectivity index is 2.46. The van der Waals surface area contributed by atoms with Crippen molar-refractivity contribution in [2.24, 2.45) is 9.50 Å². The van der Waals surface area contributed by atoms with E-state index in [0.717, 1.165) is 17.5 Å². The average Bonchev–Trinajstić information content (AvgIpc) is 3.04. The Hall–Kier alpha value is -1.88. The lowest BCUT2D eigenvalue weighted by atomic mass is 9.96. The van der Waals surface area contributed by atoms with E-state index in [0.29, 0.717) is 16.8 Å². The van der Waals surface area contributed by atoms with Crippen LogP contribution in [-0.2, 0) is 15.5 Å². The molecule has 10 heteroatoms. The van der Waals surface area contributed by atoms with Crippen molar-refractivity contribution < 1.29 is 18.5 Å². The van der Waals surface area contributed by atoms with E-state index >= 15 is 0 Å². The highest BCUT2D eigenvalue weighted by molar-refractivity contribution is 7.93. The Morgan fingerprint density at radius 3 is 2.45 bits per heavy atom. The van der Waals surface area contributed by atoms with Gasteiger partial charge in [-0.3, -0.25) is 4.98 Å². The molecule has 2 aromatic rings. The fraction of sp³-hybridized carbons (Fsp3) is 0.474. The summed E-state index contributed by atoms with van der Waals surface area (Å²) in [6.45, 7) is 10.5. The first-order valence-corrected chi connectivity index (χ1v) is 11.6. The maximum Gasteiger partial charge on any atom is 0.354 e. The van der Waals surface area contributed by atoms with Gasteiger partial charge in [0.1, 0.15) is 10.0 Å². The molecule has 1 unspecified atom stereocenters. The number of carbonyl (C=O) groups excluding carboxylic acids is 1. The third-order valence-electron chi connectivity index (χ3n) is 4.24. The molecule has 7 nitrogen and oxygen atoms in total. The van der Waals surface area contributed by atoms with Crippen LogP contribution < -0.4 is 10.5 Å². The monoisotopic (exact) mass is 442 g/mol. The first-order chi connectivity index (χ1) is 13.2.